The van der Waals surface area contributed by atoms with Crippen LogP contribution in [0.25, 0.3) is 0 Å². The van der Waals surface area contributed by atoms with E-state index in [0.29, 0.717) is 18.9 Å². The Kier molecular flexibility index (Phi) is 6.99. The number of hydrogen-bond acceptors (Lipinski definition) is 4. The molecular formula is C24H24F6N2O4S. The zero-order valence-electron chi connectivity index (χ0n) is 19.6. The standard InChI is InChI=1S/C24H24F6N2O4S/c1-22(32(17-9-10-17)37(34,35)18-6-4-5-16(15-18)23(25,26)27)11-13-31(14-12-22)21(33)19-7-2-3-8-20(19)36-24(28,29)30/h2-8,15,17H,9-14H2,1H3. The Bertz CT molecular complexity index is 1270. The highest BCUT2D eigenvalue weighted by atomic mass is 32.2. The summed E-state index contributed by atoms with van der Waals surface area (Å²) in [6, 6.07) is 8.16. The second-order valence-electron chi connectivity index (χ2n) is 9.39. The van der Waals surface area contributed by atoms with Crippen LogP contribution in [0.2, 0.25) is 0 Å². The third-order valence-electron chi connectivity index (χ3n) is 6.60. The number of alkyl halides is 6. The first-order valence-electron chi connectivity index (χ1n) is 11.5. The molecule has 6 nitrogen and oxygen atoms in total. The average molecular weight is 551 g/mol. The largest absolute Gasteiger partial charge is 0.573 e. The first kappa shape index (κ1) is 27.2. The molecule has 1 aliphatic carbocycles. The van der Waals surface area contributed by atoms with Crippen LogP contribution >= 0.6 is 0 Å². The molecule has 0 spiro atoms. The molecule has 202 valence electrons. The Labute approximate surface area is 209 Å². The number of piperidine rings is 1. The highest BCUT2D eigenvalue weighted by molar-refractivity contribution is 7.89. The van der Waals surface area contributed by atoms with Crippen LogP contribution in [0.3, 0.4) is 0 Å². The van der Waals surface area contributed by atoms with Crippen molar-refractivity contribution in [3.05, 3.63) is 59.7 Å². The van der Waals surface area contributed by atoms with Crippen LogP contribution in [0, 0.1) is 0 Å². The molecule has 2 aromatic rings. The predicted molar refractivity (Wildman–Crippen MR) is 120 cm³/mol. The topological polar surface area (TPSA) is 66.9 Å². The lowest BCUT2D eigenvalue weighted by Gasteiger charge is -2.46. The summed E-state index contributed by atoms with van der Waals surface area (Å²) in [4.78, 5) is 13.9. The van der Waals surface area contributed by atoms with Gasteiger partial charge in [0.1, 0.15) is 5.75 Å². The van der Waals surface area contributed by atoms with Gasteiger partial charge in [-0.05, 0) is 62.9 Å². The maximum absolute atomic E-state index is 13.6. The highest BCUT2D eigenvalue weighted by Crippen LogP contribution is 2.43. The molecule has 1 heterocycles. The number of carbonyl (C=O) groups excluding carboxylic acids is 1. The van der Waals surface area contributed by atoms with E-state index in [2.05, 4.69) is 4.74 Å². The molecule has 0 radical (unpaired) electrons. The molecule has 0 unspecified atom stereocenters. The van der Waals surface area contributed by atoms with Gasteiger partial charge < -0.3 is 9.64 Å². The molecule has 4 rings (SSSR count). The molecule has 13 heteroatoms. The first-order chi connectivity index (χ1) is 17.1. The second kappa shape index (κ2) is 9.50. The number of rotatable bonds is 6. The van der Waals surface area contributed by atoms with Gasteiger partial charge in [-0.1, -0.05) is 18.2 Å². The fraction of sp³-hybridized carbons (Fsp3) is 0.458. The molecule has 37 heavy (non-hydrogen) atoms. The van der Waals surface area contributed by atoms with E-state index in [1.165, 1.54) is 27.4 Å². The van der Waals surface area contributed by atoms with Gasteiger partial charge in [-0.2, -0.15) is 17.5 Å². The quantitative estimate of drug-likeness (QED) is 0.449. The van der Waals surface area contributed by atoms with Gasteiger partial charge in [0, 0.05) is 24.7 Å². The molecule has 1 amide bonds. The van der Waals surface area contributed by atoms with Crippen LogP contribution in [-0.2, 0) is 16.2 Å². The maximum Gasteiger partial charge on any atom is 0.573 e. The van der Waals surface area contributed by atoms with E-state index < -0.39 is 50.2 Å². The number of hydrogen-bond donors (Lipinski definition) is 0. The van der Waals surface area contributed by atoms with Gasteiger partial charge in [0.2, 0.25) is 10.0 Å². The van der Waals surface area contributed by atoms with E-state index in [-0.39, 0.29) is 37.5 Å². The number of nitrogens with zero attached hydrogens (tertiary/aromatic N) is 2. The summed E-state index contributed by atoms with van der Waals surface area (Å²) < 4.78 is 110. The first-order valence-corrected chi connectivity index (χ1v) is 12.9. The Balaban J connectivity index is 1.56. The lowest BCUT2D eigenvalue weighted by Crippen LogP contribution is -2.57. The number of ether oxygens (including phenoxy) is 1. The molecule has 0 N–H and O–H groups in total. The Hall–Kier alpha value is -2.80. The van der Waals surface area contributed by atoms with E-state index in [1.54, 1.807) is 6.92 Å². The van der Waals surface area contributed by atoms with Gasteiger partial charge in [-0.25, -0.2) is 8.42 Å². The van der Waals surface area contributed by atoms with Crippen LogP contribution in [0.15, 0.2) is 53.4 Å². The summed E-state index contributed by atoms with van der Waals surface area (Å²) in [5.74, 6) is -1.33. The highest BCUT2D eigenvalue weighted by Gasteiger charge is 2.50. The number of para-hydroxylation sites is 1. The third-order valence-corrected chi connectivity index (χ3v) is 8.71. The fourth-order valence-corrected chi connectivity index (χ4v) is 6.74. The summed E-state index contributed by atoms with van der Waals surface area (Å²) >= 11 is 0. The molecule has 0 atom stereocenters. The van der Waals surface area contributed by atoms with E-state index in [1.807, 2.05) is 0 Å². The molecular weight excluding hydrogens is 526 g/mol. The van der Waals surface area contributed by atoms with Crippen molar-refractivity contribution in [2.24, 2.45) is 0 Å². The fourth-order valence-electron chi connectivity index (χ4n) is 4.62. The van der Waals surface area contributed by atoms with E-state index in [0.717, 1.165) is 24.3 Å². The number of sulfonamides is 1. The van der Waals surface area contributed by atoms with Gasteiger partial charge in [0.05, 0.1) is 16.0 Å². The van der Waals surface area contributed by atoms with Gasteiger partial charge in [-0.3, -0.25) is 4.79 Å². The van der Waals surface area contributed by atoms with E-state index >= 15 is 0 Å². The van der Waals surface area contributed by atoms with Crippen molar-refractivity contribution in [1.82, 2.24) is 9.21 Å². The smallest absolute Gasteiger partial charge is 0.405 e. The molecule has 0 bridgehead atoms. The van der Waals surface area contributed by atoms with Gasteiger partial charge in [0.25, 0.3) is 5.91 Å². The van der Waals surface area contributed by atoms with E-state index in [9.17, 15) is 39.6 Å². The van der Waals surface area contributed by atoms with Crippen molar-refractivity contribution in [1.29, 1.82) is 0 Å². The minimum Gasteiger partial charge on any atom is -0.405 e. The van der Waals surface area contributed by atoms with Crippen molar-refractivity contribution in [3.63, 3.8) is 0 Å². The zero-order valence-corrected chi connectivity index (χ0v) is 20.5. The number of likely N-dealkylation sites (tertiary alicyclic amines) is 1. The lowest BCUT2D eigenvalue weighted by atomic mass is 9.89. The molecule has 1 aliphatic heterocycles. The SMILES string of the molecule is CC1(N(C2CC2)S(=O)(=O)c2cccc(C(F)(F)F)c2)CCN(C(=O)c2ccccc2OC(F)(F)F)CC1. The number of halogens is 6. The van der Waals surface area contributed by atoms with Crippen molar-refractivity contribution < 1.29 is 44.3 Å². The second-order valence-corrected chi connectivity index (χ2v) is 11.2. The number of amides is 1. The van der Waals surface area contributed by atoms with Gasteiger partial charge in [0.15, 0.2) is 0 Å². The average Bonchev–Trinajstić information content (AvgIpc) is 3.62. The summed E-state index contributed by atoms with van der Waals surface area (Å²) in [6.07, 6.45) is -8.29. The van der Waals surface area contributed by atoms with Gasteiger partial charge in [-0.15, -0.1) is 13.2 Å². The van der Waals surface area contributed by atoms with Crippen molar-refractivity contribution in [2.75, 3.05) is 13.1 Å². The molecule has 0 aromatic heterocycles. The van der Waals surface area contributed by atoms with Crippen molar-refractivity contribution >= 4 is 15.9 Å². The molecule has 1 saturated carbocycles. The molecule has 2 aromatic carbocycles. The van der Waals surface area contributed by atoms with Crippen LogP contribution in [0.5, 0.6) is 5.75 Å². The zero-order chi connectivity index (χ0) is 27.2. The summed E-state index contributed by atoms with van der Waals surface area (Å²) in [5, 5.41) is 0. The van der Waals surface area contributed by atoms with Crippen LogP contribution in [-0.4, -0.2) is 54.6 Å². The molecule has 1 saturated heterocycles. The van der Waals surface area contributed by atoms with E-state index in [4.69, 9.17) is 0 Å². The van der Waals surface area contributed by atoms with Crippen LogP contribution < -0.4 is 4.74 Å². The monoisotopic (exact) mass is 550 g/mol. The van der Waals surface area contributed by atoms with Crippen LogP contribution in [0.4, 0.5) is 26.3 Å². The minimum atomic E-state index is -4.99. The van der Waals surface area contributed by atoms with Crippen molar-refractivity contribution in [2.45, 2.75) is 61.6 Å². The molecule has 2 fully saturated rings. The Morgan fingerprint density at radius 2 is 1.62 bits per heavy atom. The summed E-state index contributed by atoms with van der Waals surface area (Å²) in [7, 11) is -4.31. The maximum atomic E-state index is 13.6. The predicted octanol–water partition coefficient (Wildman–Crippen LogP) is 5.45. The number of benzene rings is 2. The minimum absolute atomic E-state index is 0.0387. The Morgan fingerprint density at radius 3 is 2.19 bits per heavy atom. The summed E-state index contributed by atoms with van der Waals surface area (Å²) in [5.41, 5.74) is -2.36. The normalized spacial score (nSPS) is 18.6. The van der Waals surface area contributed by atoms with Crippen LogP contribution in [0.1, 0.15) is 48.5 Å². The summed E-state index contributed by atoms with van der Waals surface area (Å²) in [6.45, 7) is 1.76. The number of carbonyl (C=O) groups is 1. The third kappa shape index (κ3) is 5.87. The Morgan fingerprint density at radius 1 is 1.00 bits per heavy atom. The van der Waals surface area contributed by atoms with Gasteiger partial charge >= 0.3 is 12.5 Å². The molecule has 2 aliphatic rings. The van der Waals surface area contributed by atoms with Crippen molar-refractivity contribution in [3.8, 4) is 5.75 Å². The lowest BCUT2D eigenvalue weighted by molar-refractivity contribution is -0.274.